The van der Waals surface area contributed by atoms with Crippen LogP contribution in [0.5, 0.6) is 0 Å². The Bertz CT molecular complexity index is 410. The van der Waals surface area contributed by atoms with Crippen molar-refractivity contribution in [3.05, 3.63) is 28.2 Å². The second kappa shape index (κ2) is 7.75. The molecule has 2 N–H and O–H groups in total. The van der Waals surface area contributed by atoms with Crippen LogP contribution in [0, 0.1) is 5.41 Å². The molecular weight excluding hydrogens is 299 g/mol. The van der Waals surface area contributed by atoms with E-state index in [0.29, 0.717) is 6.54 Å². The van der Waals surface area contributed by atoms with E-state index in [1.165, 1.54) is 0 Å². The van der Waals surface area contributed by atoms with Crippen molar-refractivity contribution >= 4 is 35.0 Å². The second-order valence-electron chi connectivity index (χ2n) is 5.53. The maximum absolute atomic E-state index is 6.13. The molecule has 1 aromatic carbocycles. The van der Waals surface area contributed by atoms with E-state index in [2.05, 4.69) is 25.8 Å². The molecule has 0 aromatic heterocycles. The number of hydrogen-bond donors (Lipinski definition) is 1. The van der Waals surface area contributed by atoms with Crippen molar-refractivity contribution in [1.82, 2.24) is 4.90 Å². The zero-order chi connectivity index (χ0) is 14.5. The van der Waals surface area contributed by atoms with Crippen LogP contribution in [0.2, 0.25) is 10.0 Å². The van der Waals surface area contributed by atoms with Gasteiger partial charge in [0.15, 0.2) is 0 Å². The zero-order valence-corrected chi connectivity index (χ0v) is 14.1. The van der Waals surface area contributed by atoms with Crippen LogP contribution in [0.25, 0.3) is 0 Å². The van der Waals surface area contributed by atoms with Gasteiger partial charge in [-0.25, -0.2) is 0 Å². The molecule has 5 heteroatoms. The Labute approximate surface area is 130 Å². The first-order valence-electron chi connectivity index (χ1n) is 6.30. The molecule has 0 radical (unpaired) electrons. The quantitative estimate of drug-likeness (QED) is 0.770. The molecule has 2 nitrogen and oxygen atoms in total. The summed E-state index contributed by atoms with van der Waals surface area (Å²) in [6, 6.07) is 5.57. The number of nitrogens with zero attached hydrogens (tertiary/aromatic N) is 1. The van der Waals surface area contributed by atoms with E-state index in [0.717, 1.165) is 33.8 Å². The maximum Gasteiger partial charge on any atom is 0.0542 e. The van der Waals surface area contributed by atoms with Gasteiger partial charge in [-0.15, -0.1) is 11.8 Å². The molecule has 0 amide bonds. The van der Waals surface area contributed by atoms with E-state index >= 15 is 0 Å². The molecule has 0 spiro atoms. The van der Waals surface area contributed by atoms with E-state index in [9.17, 15) is 0 Å². The predicted molar refractivity (Wildman–Crippen MR) is 87.5 cm³/mol. The van der Waals surface area contributed by atoms with Gasteiger partial charge in [-0.3, -0.25) is 0 Å². The molecule has 0 bridgehead atoms. The topological polar surface area (TPSA) is 29.3 Å². The van der Waals surface area contributed by atoms with Crippen molar-refractivity contribution in [2.75, 3.05) is 32.4 Å². The van der Waals surface area contributed by atoms with Crippen molar-refractivity contribution in [1.29, 1.82) is 0 Å². The first-order chi connectivity index (χ1) is 8.84. The van der Waals surface area contributed by atoms with Crippen LogP contribution < -0.4 is 5.73 Å². The molecule has 0 saturated carbocycles. The smallest absolute Gasteiger partial charge is 0.0542 e. The van der Waals surface area contributed by atoms with Crippen molar-refractivity contribution in [3.63, 3.8) is 0 Å². The van der Waals surface area contributed by atoms with Crippen molar-refractivity contribution in [2.24, 2.45) is 11.1 Å². The molecule has 0 atom stereocenters. The molecule has 108 valence electrons. The van der Waals surface area contributed by atoms with Crippen molar-refractivity contribution in [3.8, 4) is 0 Å². The number of thioether (sulfide) groups is 1. The Morgan fingerprint density at radius 2 is 2.00 bits per heavy atom. The Hall–Kier alpha value is 0.0700. The van der Waals surface area contributed by atoms with Crippen LogP contribution in [0.15, 0.2) is 23.1 Å². The van der Waals surface area contributed by atoms with Crippen LogP contribution in [0.1, 0.15) is 13.8 Å². The minimum Gasteiger partial charge on any atom is -0.330 e. The highest BCUT2D eigenvalue weighted by molar-refractivity contribution is 7.99. The maximum atomic E-state index is 6.13. The average molecular weight is 321 g/mol. The lowest BCUT2D eigenvalue weighted by Gasteiger charge is -2.28. The fourth-order valence-corrected chi connectivity index (χ4v) is 3.33. The molecule has 0 unspecified atom stereocenters. The van der Waals surface area contributed by atoms with Gasteiger partial charge in [-0.2, -0.15) is 0 Å². The number of rotatable bonds is 7. The highest BCUT2D eigenvalue weighted by Crippen LogP contribution is 2.29. The molecule has 19 heavy (non-hydrogen) atoms. The summed E-state index contributed by atoms with van der Waals surface area (Å²) >= 11 is 13.8. The molecule has 0 aliphatic rings. The van der Waals surface area contributed by atoms with Gasteiger partial charge >= 0.3 is 0 Å². The standard InChI is InChI=1S/C14H22Cl2N2S/c1-14(2,9-17)10-18(3)6-7-19-13-8-11(15)4-5-12(13)16/h4-5,8H,6-7,9-10,17H2,1-3H3. The molecule has 0 heterocycles. The van der Waals surface area contributed by atoms with Crippen LogP contribution >= 0.6 is 35.0 Å². The molecule has 0 aliphatic heterocycles. The average Bonchev–Trinajstić information content (AvgIpc) is 2.33. The Morgan fingerprint density at radius 1 is 1.32 bits per heavy atom. The predicted octanol–water partition coefficient (Wildman–Crippen LogP) is 4.00. The lowest BCUT2D eigenvalue weighted by molar-refractivity contribution is 0.225. The first-order valence-corrected chi connectivity index (χ1v) is 8.05. The summed E-state index contributed by atoms with van der Waals surface area (Å²) in [7, 11) is 2.12. The van der Waals surface area contributed by atoms with Gasteiger partial charge in [0.1, 0.15) is 0 Å². The van der Waals surface area contributed by atoms with Crippen LogP contribution in [0.4, 0.5) is 0 Å². The summed E-state index contributed by atoms with van der Waals surface area (Å²) in [4.78, 5) is 3.35. The Morgan fingerprint density at radius 3 is 2.63 bits per heavy atom. The summed E-state index contributed by atoms with van der Waals surface area (Å²) in [5.41, 5.74) is 5.91. The Balaban J connectivity index is 2.40. The molecule has 0 fully saturated rings. The van der Waals surface area contributed by atoms with Gasteiger partial charge in [-0.05, 0) is 37.2 Å². The third-order valence-corrected chi connectivity index (χ3v) is 4.59. The normalized spacial score (nSPS) is 12.2. The molecular formula is C14H22Cl2N2S. The minimum atomic E-state index is 0.160. The van der Waals surface area contributed by atoms with E-state index in [4.69, 9.17) is 28.9 Å². The highest BCUT2D eigenvalue weighted by Gasteiger charge is 2.17. The largest absolute Gasteiger partial charge is 0.330 e. The van der Waals surface area contributed by atoms with Gasteiger partial charge < -0.3 is 10.6 Å². The van der Waals surface area contributed by atoms with Crippen molar-refractivity contribution < 1.29 is 0 Å². The lowest BCUT2D eigenvalue weighted by Crippen LogP contribution is -2.37. The zero-order valence-electron chi connectivity index (χ0n) is 11.7. The number of halogens is 2. The third kappa shape index (κ3) is 6.37. The fraction of sp³-hybridized carbons (Fsp3) is 0.571. The molecule has 1 rings (SSSR count). The van der Waals surface area contributed by atoms with E-state index in [1.807, 2.05) is 18.2 Å². The van der Waals surface area contributed by atoms with E-state index in [-0.39, 0.29) is 5.41 Å². The van der Waals surface area contributed by atoms with Crippen molar-refractivity contribution in [2.45, 2.75) is 18.7 Å². The third-order valence-electron chi connectivity index (χ3n) is 2.87. The SMILES string of the molecule is CN(CCSc1cc(Cl)ccc1Cl)CC(C)(C)CN. The monoisotopic (exact) mass is 320 g/mol. The molecule has 0 saturated heterocycles. The molecule has 1 aromatic rings. The lowest BCUT2D eigenvalue weighted by atomic mass is 9.93. The van der Waals surface area contributed by atoms with Gasteiger partial charge in [0, 0.05) is 28.8 Å². The summed E-state index contributed by atoms with van der Waals surface area (Å²) in [6.07, 6.45) is 0. The van der Waals surface area contributed by atoms with E-state index in [1.54, 1.807) is 11.8 Å². The van der Waals surface area contributed by atoms with E-state index < -0.39 is 0 Å². The van der Waals surface area contributed by atoms with Crippen LogP contribution in [-0.2, 0) is 0 Å². The number of nitrogens with two attached hydrogens (primary N) is 1. The minimum absolute atomic E-state index is 0.160. The highest BCUT2D eigenvalue weighted by atomic mass is 35.5. The Kier molecular flexibility index (Phi) is 6.98. The van der Waals surface area contributed by atoms with Gasteiger partial charge in [0.05, 0.1) is 5.02 Å². The summed E-state index contributed by atoms with van der Waals surface area (Å²) in [5.74, 6) is 0.983. The first kappa shape index (κ1) is 17.1. The van der Waals surface area contributed by atoms with Crippen LogP contribution in [-0.4, -0.2) is 37.3 Å². The fourth-order valence-electron chi connectivity index (χ4n) is 1.77. The molecule has 0 aliphatic carbocycles. The second-order valence-corrected chi connectivity index (χ2v) is 7.51. The van der Waals surface area contributed by atoms with Crippen LogP contribution in [0.3, 0.4) is 0 Å². The number of benzene rings is 1. The summed E-state index contributed by atoms with van der Waals surface area (Å²) < 4.78 is 0. The van der Waals surface area contributed by atoms with Gasteiger partial charge in [-0.1, -0.05) is 37.0 Å². The summed E-state index contributed by atoms with van der Waals surface area (Å²) in [5, 5.41) is 1.49. The van der Waals surface area contributed by atoms with Gasteiger partial charge in [0.2, 0.25) is 0 Å². The number of hydrogen-bond acceptors (Lipinski definition) is 3. The summed E-state index contributed by atoms with van der Waals surface area (Å²) in [6.45, 7) is 7.06. The van der Waals surface area contributed by atoms with Gasteiger partial charge in [0.25, 0.3) is 0 Å².